The van der Waals surface area contributed by atoms with Gasteiger partial charge in [-0.3, -0.25) is 0 Å². The Hall–Kier alpha value is -1.66. The van der Waals surface area contributed by atoms with Crippen LogP contribution in [-0.2, 0) is 0 Å². The summed E-state index contributed by atoms with van der Waals surface area (Å²) < 4.78 is 19.0. The first-order valence-corrected chi connectivity index (χ1v) is 6.17. The third kappa shape index (κ3) is 20.7. The van der Waals surface area contributed by atoms with Crippen molar-refractivity contribution in [3.63, 3.8) is 0 Å². The van der Waals surface area contributed by atoms with Gasteiger partial charge in [-0.1, -0.05) is 91.0 Å². The van der Waals surface area contributed by atoms with Gasteiger partial charge in [0.25, 0.3) is 6.93 Å². The summed E-state index contributed by atoms with van der Waals surface area (Å²) >= 11 is 0. The van der Waals surface area contributed by atoms with E-state index >= 15 is 0 Å². The smallest absolute Gasteiger partial charge is 0.204 e. The fraction of sp³-hybridized carbons (Fsp3) is 0. The van der Waals surface area contributed by atoms with E-state index in [9.17, 15) is 8.78 Å². The van der Waals surface area contributed by atoms with Crippen LogP contribution >= 0.6 is 0 Å². The van der Waals surface area contributed by atoms with E-state index in [-0.39, 0.29) is 27.3 Å². The zero-order valence-corrected chi connectivity index (χ0v) is 14.5. The SMILES string of the molecule is F[CH]F.[HH].[HH].[Sb].[c]1ccccc1.[c]1ccccc1.[c]1ccccc1. The van der Waals surface area contributed by atoms with Crippen molar-refractivity contribution in [2.75, 3.05) is 0 Å². The third-order valence-electron chi connectivity index (χ3n) is 1.82. The largest absolute Gasteiger partial charge is 0.298 e. The number of rotatable bonds is 0. The Kier molecular flexibility index (Phi) is 22.2. The molecule has 0 aliphatic heterocycles. The molecule has 7 radical (unpaired) electrons. The van der Waals surface area contributed by atoms with Gasteiger partial charge in [-0.25, -0.2) is 8.78 Å². The standard InChI is InChI=1S/3C6H5.CHF2.Sb.2H2/c3*1-2-4-6-5-3-1;2-1-3;;;/h3*1-5H;1H;;2*1H. The van der Waals surface area contributed by atoms with Crippen molar-refractivity contribution in [1.82, 2.24) is 0 Å². The van der Waals surface area contributed by atoms with Gasteiger partial charge in [0, 0.05) is 27.3 Å². The molecule has 0 aliphatic rings. The van der Waals surface area contributed by atoms with Crippen LogP contribution in [0.15, 0.2) is 91.0 Å². The van der Waals surface area contributed by atoms with Crippen molar-refractivity contribution in [1.29, 1.82) is 0 Å². The molecule has 0 saturated carbocycles. The summed E-state index contributed by atoms with van der Waals surface area (Å²) in [5, 5.41) is 0. The average molecular weight is 408 g/mol. The van der Waals surface area contributed by atoms with Crippen LogP contribution in [0.1, 0.15) is 2.85 Å². The molecule has 3 heteroatoms. The van der Waals surface area contributed by atoms with Crippen molar-refractivity contribution in [3.8, 4) is 0 Å². The summed E-state index contributed by atoms with van der Waals surface area (Å²) in [5.74, 6) is 0. The van der Waals surface area contributed by atoms with Crippen LogP contribution in [0.25, 0.3) is 0 Å². The van der Waals surface area contributed by atoms with Gasteiger partial charge in [-0.05, 0) is 18.2 Å². The van der Waals surface area contributed by atoms with E-state index in [1.807, 2.05) is 91.0 Å². The topological polar surface area (TPSA) is 0 Å². The van der Waals surface area contributed by atoms with Crippen LogP contribution in [0.5, 0.6) is 0 Å². The van der Waals surface area contributed by atoms with Crippen LogP contribution in [0, 0.1) is 25.1 Å². The summed E-state index contributed by atoms with van der Waals surface area (Å²) in [5.41, 5.74) is 0. The van der Waals surface area contributed by atoms with Gasteiger partial charge in [0.05, 0.1) is 0 Å². The Morgan fingerprint density at radius 2 is 0.682 bits per heavy atom. The second-order valence-corrected chi connectivity index (χ2v) is 3.31. The molecule has 22 heavy (non-hydrogen) atoms. The summed E-state index contributed by atoms with van der Waals surface area (Å²) in [6, 6.07) is 37.5. The molecule has 0 atom stereocenters. The van der Waals surface area contributed by atoms with E-state index in [0.717, 1.165) is 0 Å². The van der Waals surface area contributed by atoms with Gasteiger partial charge >= 0.3 is 0 Å². The first-order chi connectivity index (χ1) is 10.4. The van der Waals surface area contributed by atoms with E-state index in [0.29, 0.717) is 0 Å². The molecule has 0 nitrogen and oxygen atoms in total. The maximum atomic E-state index is 9.50. The van der Waals surface area contributed by atoms with Gasteiger partial charge in [0.2, 0.25) is 0 Å². The van der Waals surface area contributed by atoms with E-state index in [2.05, 4.69) is 18.2 Å². The number of benzene rings is 3. The van der Waals surface area contributed by atoms with Crippen LogP contribution in [0.4, 0.5) is 8.78 Å². The van der Waals surface area contributed by atoms with Crippen LogP contribution in [-0.4, -0.2) is 24.4 Å². The molecule has 0 spiro atoms. The molecule has 3 aromatic carbocycles. The van der Waals surface area contributed by atoms with E-state index in [4.69, 9.17) is 0 Å². The van der Waals surface area contributed by atoms with Crippen LogP contribution < -0.4 is 0 Å². The molecule has 0 bridgehead atoms. The molecular weight excluding hydrogens is 388 g/mol. The van der Waals surface area contributed by atoms with Crippen molar-refractivity contribution in [3.05, 3.63) is 116 Å². The van der Waals surface area contributed by atoms with E-state index < -0.39 is 6.93 Å². The van der Waals surface area contributed by atoms with Gasteiger partial charge in [0.1, 0.15) is 0 Å². The van der Waals surface area contributed by atoms with E-state index in [1.165, 1.54) is 0 Å². The summed E-state index contributed by atoms with van der Waals surface area (Å²) in [4.78, 5) is 0. The molecule has 115 valence electrons. The first kappa shape index (κ1) is 22.6. The van der Waals surface area contributed by atoms with Crippen molar-refractivity contribution < 1.29 is 11.6 Å². The molecule has 0 unspecified atom stereocenters. The van der Waals surface area contributed by atoms with Crippen LogP contribution in [0.3, 0.4) is 0 Å². The maximum absolute atomic E-state index is 9.50. The molecule has 3 rings (SSSR count). The zero-order valence-electron chi connectivity index (χ0n) is 11.9. The van der Waals surface area contributed by atoms with Crippen molar-refractivity contribution in [2.24, 2.45) is 0 Å². The Labute approximate surface area is 152 Å². The third-order valence-corrected chi connectivity index (χ3v) is 1.82. The van der Waals surface area contributed by atoms with Gasteiger partial charge in [-0.2, -0.15) is 0 Å². The Bertz CT molecular complexity index is 330. The fourth-order valence-corrected chi connectivity index (χ4v) is 1.03. The average Bonchev–Trinajstić information content (AvgIpc) is 2.61. The van der Waals surface area contributed by atoms with Crippen LogP contribution in [0.2, 0.25) is 0 Å². The van der Waals surface area contributed by atoms with Crippen molar-refractivity contribution >= 4 is 24.4 Å². The Morgan fingerprint density at radius 3 is 0.727 bits per heavy atom. The second kappa shape index (κ2) is 21.6. The second-order valence-electron chi connectivity index (χ2n) is 3.31. The molecular formula is C19H20F2Sb. The molecule has 3 aromatic rings. The predicted molar refractivity (Wildman–Crippen MR) is 92.3 cm³/mol. The maximum Gasteiger partial charge on any atom is 0.298 e. The summed E-state index contributed by atoms with van der Waals surface area (Å²) in [6.07, 6.45) is 0. The monoisotopic (exact) mass is 407 g/mol. The normalized spacial score (nSPS) is 7.36. The molecule has 0 heterocycles. The zero-order chi connectivity index (χ0) is 15.4. The predicted octanol–water partition coefficient (Wildman–Crippen LogP) is 5.62. The minimum absolute atomic E-state index is 0. The minimum atomic E-state index is -1.00. The summed E-state index contributed by atoms with van der Waals surface area (Å²) in [7, 11) is 0. The molecule has 0 amide bonds. The molecule has 0 aliphatic carbocycles. The molecule has 0 saturated heterocycles. The number of halogens is 2. The van der Waals surface area contributed by atoms with E-state index in [1.54, 1.807) is 0 Å². The minimum Gasteiger partial charge on any atom is -0.204 e. The van der Waals surface area contributed by atoms with Crippen molar-refractivity contribution in [2.45, 2.75) is 0 Å². The Morgan fingerprint density at radius 1 is 0.500 bits per heavy atom. The Balaban J connectivity index is -0.000000110. The molecule has 0 aromatic heterocycles. The van der Waals surface area contributed by atoms with Gasteiger partial charge in [-0.15, -0.1) is 0 Å². The molecule has 0 fully saturated rings. The number of hydrogen-bond acceptors (Lipinski definition) is 0. The fourth-order valence-electron chi connectivity index (χ4n) is 1.03. The quantitative estimate of drug-likeness (QED) is 0.424. The van der Waals surface area contributed by atoms with Gasteiger partial charge in [0.15, 0.2) is 0 Å². The molecule has 0 N–H and O–H groups in total. The van der Waals surface area contributed by atoms with Gasteiger partial charge < -0.3 is 0 Å². The first-order valence-electron chi connectivity index (χ1n) is 6.17. The number of hydrogen-bond donors (Lipinski definition) is 0. The summed E-state index contributed by atoms with van der Waals surface area (Å²) in [6.45, 7) is -1.00.